The molecule has 148 valence electrons. The van der Waals surface area contributed by atoms with Crippen molar-refractivity contribution in [2.45, 2.75) is 25.0 Å². The van der Waals surface area contributed by atoms with E-state index in [1.807, 2.05) is 30.3 Å². The van der Waals surface area contributed by atoms with E-state index < -0.39 is 18.2 Å². The van der Waals surface area contributed by atoms with Crippen molar-refractivity contribution in [2.75, 3.05) is 25.1 Å². The number of carbonyl (C=O) groups is 2. The normalized spacial score (nSPS) is 15.6. The Bertz CT molecular complexity index is 802. The van der Waals surface area contributed by atoms with Crippen molar-refractivity contribution in [1.29, 1.82) is 0 Å². The van der Waals surface area contributed by atoms with Gasteiger partial charge in [0.1, 0.15) is 5.75 Å². The predicted molar refractivity (Wildman–Crippen MR) is 102 cm³/mol. The Morgan fingerprint density at radius 1 is 1.07 bits per heavy atom. The maximum atomic E-state index is 13.1. The van der Waals surface area contributed by atoms with Crippen molar-refractivity contribution in [3.63, 3.8) is 0 Å². The second-order valence-electron chi connectivity index (χ2n) is 6.55. The quantitative estimate of drug-likeness (QED) is 0.726. The predicted octanol–water partition coefficient (Wildman–Crippen LogP) is 2.85. The van der Waals surface area contributed by atoms with Gasteiger partial charge in [0.25, 0.3) is 5.91 Å². The summed E-state index contributed by atoms with van der Waals surface area (Å²) in [5.74, 6) is -0.946. The van der Waals surface area contributed by atoms with Gasteiger partial charge in [0.05, 0.1) is 6.61 Å². The summed E-state index contributed by atoms with van der Waals surface area (Å²) in [7, 11) is 0. The molecule has 0 saturated carbocycles. The molecule has 1 fully saturated rings. The molecule has 0 bridgehead atoms. The lowest BCUT2D eigenvalue weighted by molar-refractivity contribution is -0.158. The van der Waals surface area contributed by atoms with E-state index in [0.29, 0.717) is 44.1 Å². The van der Waals surface area contributed by atoms with E-state index in [1.165, 1.54) is 0 Å². The highest BCUT2D eigenvalue weighted by Gasteiger charge is 2.41. The minimum atomic E-state index is -1.06. The summed E-state index contributed by atoms with van der Waals surface area (Å²) in [4.78, 5) is 23.7. The largest absolute Gasteiger partial charge is 0.482 e. The fourth-order valence-electron chi connectivity index (χ4n) is 2.99. The van der Waals surface area contributed by atoms with E-state index >= 15 is 0 Å². The van der Waals surface area contributed by atoms with Crippen molar-refractivity contribution in [1.82, 2.24) is 0 Å². The standard InChI is InChI=1S/C21H23NO6/c23-19(24)15-27-18-8-4-7-17(13-18)22-20(25)21(9-11-26-12-10-21)28-14-16-5-2-1-3-6-16/h1-8,13H,9-12,14-15H2,(H,22,25)(H,23,24). The Hall–Kier alpha value is -2.90. The molecule has 0 aliphatic carbocycles. The van der Waals surface area contributed by atoms with E-state index in [-0.39, 0.29) is 5.91 Å². The third kappa shape index (κ3) is 5.31. The van der Waals surface area contributed by atoms with Gasteiger partial charge in [0.2, 0.25) is 0 Å². The maximum absolute atomic E-state index is 13.1. The van der Waals surface area contributed by atoms with Crippen LogP contribution < -0.4 is 10.1 Å². The number of ether oxygens (including phenoxy) is 3. The maximum Gasteiger partial charge on any atom is 0.341 e. The number of anilines is 1. The lowest BCUT2D eigenvalue weighted by atomic mass is 9.92. The van der Waals surface area contributed by atoms with Gasteiger partial charge in [-0.3, -0.25) is 4.79 Å². The Morgan fingerprint density at radius 3 is 2.54 bits per heavy atom. The fraction of sp³-hybridized carbons (Fsp3) is 0.333. The lowest BCUT2D eigenvalue weighted by Crippen LogP contribution is -2.49. The molecule has 3 rings (SSSR count). The van der Waals surface area contributed by atoms with E-state index in [4.69, 9.17) is 19.3 Å². The van der Waals surface area contributed by atoms with Crippen LogP contribution in [0.2, 0.25) is 0 Å². The molecule has 0 aromatic heterocycles. The van der Waals surface area contributed by atoms with Crippen molar-refractivity contribution in [3.05, 3.63) is 60.2 Å². The van der Waals surface area contributed by atoms with Gasteiger partial charge in [0, 0.05) is 37.8 Å². The average Bonchev–Trinajstić information content (AvgIpc) is 2.72. The molecule has 28 heavy (non-hydrogen) atoms. The molecular weight excluding hydrogens is 362 g/mol. The van der Waals surface area contributed by atoms with E-state index in [1.54, 1.807) is 24.3 Å². The van der Waals surface area contributed by atoms with Gasteiger partial charge in [-0.1, -0.05) is 36.4 Å². The third-order valence-corrected chi connectivity index (χ3v) is 4.53. The number of nitrogens with one attached hydrogen (secondary N) is 1. The van der Waals surface area contributed by atoms with Crippen molar-refractivity contribution >= 4 is 17.6 Å². The van der Waals surface area contributed by atoms with Crippen LogP contribution in [0, 0.1) is 0 Å². The van der Waals surface area contributed by atoms with Crippen LogP contribution in [0.4, 0.5) is 5.69 Å². The summed E-state index contributed by atoms with van der Waals surface area (Å²) in [5.41, 5.74) is 0.527. The Morgan fingerprint density at radius 2 is 1.82 bits per heavy atom. The average molecular weight is 385 g/mol. The van der Waals surface area contributed by atoms with Gasteiger partial charge in [-0.2, -0.15) is 0 Å². The van der Waals surface area contributed by atoms with Gasteiger partial charge >= 0.3 is 5.97 Å². The van der Waals surface area contributed by atoms with E-state index in [9.17, 15) is 9.59 Å². The zero-order valence-corrected chi connectivity index (χ0v) is 15.4. The first kappa shape index (κ1) is 19.9. The molecule has 0 unspecified atom stereocenters. The van der Waals surface area contributed by atoms with Crippen molar-refractivity contribution in [2.24, 2.45) is 0 Å². The molecule has 1 amide bonds. The molecule has 7 heteroatoms. The summed E-state index contributed by atoms with van der Waals surface area (Å²) in [6.45, 7) is 0.781. The number of amides is 1. The number of rotatable bonds is 8. The Kier molecular flexibility index (Phi) is 6.62. The zero-order valence-electron chi connectivity index (χ0n) is 15.4. The van der Waals surface area contributed by atoms with E-state index in [2.05, 4.69) is 5.32 Å². The second-order valence-corrected chi connectivity index (χ2v) is 6.55. The van der Waals surface area contributed by atoms with Crippen molar-refractivity contribution < 1.29 is 28.9 Å². The highest BCUT2D eigenvalue weighted by molar-refractivity contribution is 5.97. The number of benzene rings is 2. The summed E-state index contributed by atoms with van der Waals surface area (Å²) < 4.78 is 16.7. The molecule has 0 atom stereocenters. The van der Waals surface area contributed by atoms with Crippen LogP contribution in [-0.2, 0) is 25.7 Å². The molecule has 0 spiro atoms. The fourth-order valence-corrected chi connectivity index (χ4v) is 2.99. The van der Waals surface area contributed by atoms with Crippen LogP contribution in [0.5, 0.6) is 5.75 Å². The molecule has 2 aromatic rings. The van der Waals surface area contributed by atoms with Crippen LogP contribution in [0.15, 0.2) is 54.6 Å². The van der Waals surface area contributed by atoms with Crippen LogP contribution in [0.1, 0.15) is 18.4 Å². The van der Waals surface area contributed by atoms with Gasteiger partial charge in [-0.05, 0) is 17.7 Å². The Labute approximate surface area is 163 Å². The topological polar surface area (TPSA) is 94.1 Å². The second kappa shape index (κ2) is 9.34. The minimum absolute atomic E-state index is 0.248. The molecule has 1 aliphatic rings. The summed E-state index contributed by atoms with van der Waals surface area (Å²) >= 11 is 0. The molecule has 7 nitrogen and oxygen atoms in total. The molecule has 0 radical (unpaired) electrons. The highest BCUT2D eigenvalue weighted by atomic mass is 16.5. The van der Waals surface area contributed by atoms with Gasteiger partial charge < -0.3 is 24.6 Å². The number of carboxylic acid groups (broad SMARTS) is 1. The lowest BCUT2D eigenvalue weighted by Gasteiger charge is -2.35. The number of hydrogen-bond acceptors (Lipinski definition) is 5. The molecule has 2 N–H and O–H groups in total. The van der Waals surface area contributed by atoms with E-state index in [0.717, 1.165) is 5.56 Å². The van der Waals surface area contributed by atoms with Crippen LogP contribution in [0.3, 0.4) is 0 Å². The highest BCUT2D eigenvalue weighted by Crippen LogP contribution is 2.29. The monoisotopic (exact) mass is 385 g/mol. The van der Waals surface area contributed by atoms with Gasteiger partial charge in [-0.25, -0.2) is 4.79 Å². The Balaban J connectivity index is 1.69. The number of carboxylic acids is 1. The molecular formula is C21H23NO6. The number of carbonyl (C=O) groups excluding carboxylic acids is 1. The molecule has 2 aromatic carbocycles. The van der Waals surface area contributed by atoms with Crippen LogP contribution >= 0.6 is 0 Å². The number of hydrogen-bond donors (Lipinski definition) is 2. The summed E-state index contributed by atoms with van der Waals surface area (Å²) in [6.07, 6.45) is 0.918. The first-order valence-electron chi connectivity index (χ1n) is 9.09. The van der Waals surface area contributed by atoms with Gasteiger partial charge in [0.15, 0.2) is 12.2 Å². The molecule has 1 heterocycles. The number of aliphatic carboxylic acids is 1. The SMILES string of the molecule is O=C(O)COc1cccc(NC(=O)C2(OCc3ccccc3)CCOCC2)c1. The first-order chi connectivity index (χ1) is 13.6. The smallest absolute Gasteiger partial charge is 0.341 e. The molecule has 1 aliphatic heterocycles. The zero-order chi connectivity index (χ0) is 19.8. The van der Waals surface area contributed by atoms with Gasteiger partial charge in [-0.15, -0.1) is 0 Å². The minimum Gasteiger partial charge on any atom is -0.482 e. The van der Waals surface area contributed by atoms with Crippen LogP contribution in [-0.4, -0.2) is 42.4 Å². The first-order valence-corrected chi connectivity index (χ1v) is 9.09. The summed E-state index contributed by atoms with van der Waals surface area (Å²) in [6, 6.07) is 16.3. The van der Waals surface area contributed by atoms with Crippen molar-refractivity contribution in [3.8, 4) is 5.75 Å². The summed E-state index contributed by atoms with van der Waals surface area (Å²) in [5, 5.41) is 11.6. The van der Waals surface area contributed by atoms with Crippen LogP contribution in [0.25, 0.3) is 0 Å². The molecule has 1 saturated heterocycles. The third-order valence-electron chi connectivity index (χ3n) is 4.53.